The van der Waals surface area contributed by atoms with Crippen LogP contribution < -0.4 is 25.4 Å². The highest BCUT2D eigenvalue weighted by atomic mass is 35.5. The van der Waals surface area contributed by atoms with Crippen LogP contribution in [-0.2, 0) is 0 Å². The van der Waals surface area contributed by atoms with Crippen molar-refractivity contribution >= 4 is 45.9 Å². The van der Waals surface area contributed by atoms with Gasteiger partial charge in [-0.05, 0) is 12.1 Å². The van der Waals surface area contributed by atoms with Crippen molar-refractivity contribution in [1.82, 2.24) is 25.6 Å². The first-order valence-corrected chi connectivity index (χ1v) is 10.9. The summed E-state index contributed by atoms with van der Waals surface area (Å²) in [6.45, 7) is 5.05. The van der Waals surface area contributed by atoms with Crippen molar-refractivity contribution in [2.75, 3.05) is 32.6 Å². The van der Waals surface area contributed by atoms with E-state index in [0.29, 0.717) is 44.3 Å². The number of hydrogen-bond donors (Lipinski definition) is 4. The van der Waals surface area contributed by atoms with Crippen LogP contribution in [0.3, 0.4) is 0 Å². The van der Waals surface area contributed by atoms with Crippen LogP contribution in [0.25, 0.3) is 22.2 Å². The minimum absolute atomic E-state index is 0.0110. The quantitative estimate of drug-likeness (QED) is 0.295. The minimum Gasteiger partial charge on any atom is -0.495 e. The summed E-state index contributed by atoms with van der Waals surface area (Å²) in [4.78, 5) is 13.6. The Morgan fingerprint density at radius 1 is 1.12 bits per heavy atom. The molecule has 0 saturated carbocycles. The lowest BCUT2D eigenvalue weighted by atomic mass is 10.1. The van der Waals surface area contributed by atoms with Gasteiger partial charge >= 0.3 is 0 Å². The second kappa shape index (κ2) is 9.78. The Hall–Kier alpha value is -3.14. The summed E-state index contributed by atoms with van der Waals surface area (Å²) in [6.07, 6.45) is 4.83. The Labute approximate surface area is 201 Å². The summed E-state index contributed by atoms with van der Waals surface area (Å²) in [5.41, 5.74) is 1.72. The van der Waals surface area contributed by atoms with Crippen LogP contribution in [0.5, 0.6) is 11.5 Å². The van der Waals surface area contributed by atoms with Gasteiger partial charge in [0.2, 0.25) is 5.95 Å². The van der Waals surface area contributed by atoms with E-state index in [1.165, 1.54) is 20.3 Å². The number of hydrogen-bond acceptors (Lipinski definition) is 8. The van der Waals surface area contributed by atoms with E-state index in [9.17, 15) is 0 Å². The number of nitrogens with one attached hydrogen (secondary N) is 4. The zero-order valence-electron chi connectivity index (χ0n) is 18.1. The van der Waals surface area contributed by atoms with Gasteiger partial charge in [0.25, 0.3) is 0 Å². The fraction of sp³-hybridized carbons (Fsp3) is 0.273. The van der Waals surface area contributed by atoms with Crippen molar-refractivity contribution in [2.45, 2.75) is 12.1 Å². The molecule has 0 aliphatic carbocycles. The van der Waals surface area contributed by atoms with Crippen molar-refractivity contribution < 1.29 is 9.47 Å². The van der Waals surface area contributed by atoms with Gasteiger partial charge in [-0.15, -0.1) is 0 Å². The number of ether oxygens (including phenoxy) is 2. The van der Waals surface area contributed by atoms with Gasteiger partial charge < -0.3 is 25.4 Å². The van der Waals surface area contributed by atoms with E-state index in [-0.39, 0.29) is 17.9 Å². The van der Waals surface area contributed by atoms with Crippen LogP contribution in [-0.4, -0.2) is 60.2 Å². The Kier molecular flexibility index (Phi) is 6.83. The second-order valence-electron chi connectivity index (χ2n) is 7.38. The smallest absolute Gasteiger partial charge is 0.223 e. The highest BCUT2D eigenvalue weighted by Crippen LogP contribution is 2.45. The van der Waals surface area contributed by atoms with E-state index >= 15 is 0 Å². The number of aromatic nitrogens is 3. The monoisotopic (exact) mass is 487 g/mol. The first-order valence-electron chi connectivity index (χ1n) is 10.1. The van der Waals surface area contributed by atoms with Crippen LogP contribution in [0.2, 0.25) is 10.0 Å². The number of benzene rings is 1. The molecular formula is C22H23Cl2N7O2. The summed E-state index contributed by atoms with van der Waals surface area (Å²) < 4.78 is 10.7. The molecule has 1 aromatic carbocycles. The molecule has 0 unspecified atom stereocenters. The Bertz CT molecular complexity index is 1190. The van der Waals surface area contributed by atoms with Crippen molar-refractivity contribution in [2.24, 2.45) is 0 Å². The molecule has 1 aliphatic heterocycles. The molecule has 0 spiro atoms. The number of fused-ring (bicyclic) bond motifs is 1. The topological polar surface area (TPSA) is 117 Å². The molecule has 1 saturated heterocycles. The molecule has 4 rings (SSSR count). The summed E-state index contributed by atoms with van der Waals surface area (Å²) in [5, 5.41) is 19.0. The molecule has 172 valence electrons. The highest BCUT2D eigenvalue weighted by Gasteiger charge is 2.28. The number of methoxy groups -OCH3 is 2. The molecule has 9 nitrogen and oxygen atoms in total. The van der Waals surface area contributed by atoms with Crippen LogP contribution in [0.4, 0.5) is 5.95 Å². The van der Waals surface area contributed by atoms with Gasteiger partial charge in [-0.1, -0.05) is 29.8 Å². The Morgan fingerprint density at radius 3 is 2.48 bits per heavy atom. The molecule has 0 bridgehead atoms. The van der Waals surface area contributed by atoms with E-state index in [1.54, 1.807) is 18.5 Å². The first-order chi connectivity index (χ1) is 15.9. The van der Waals surface area contributed by atoms with Gasteiger partial charge in [-0.25, -0.2) is 9.97 Å². The van der Waals surface area contributed by atoms with Gasteiger partial charge in [-0.2, -0.15) is 0 Å². The number of anilines is 1. The molecule has 11 heteroatoms. The van der Waals surface area contributed by atoms with Crippen LogP contribution in [0.1, 0.15) is 0 Å². The minimum atomic E-state index is 0.0110. The molecule has 2 aromatic heterocycles. The van der Waals surface area contributed by atoms with Gasteiger partial charge in [-0.3, -0.25) is 10.4 Å². The summed E-state index contributed by atoms with van der Waals surface area (Å²) in [5.74, 6) is 1.62. The van der Waals surface area contributed by atoms with E-state index < -0.39 is 0 Å². The van der Waals surface area contributed by atoms with Gasteiger partial charge in [0, 0.05) is 36.3 Å². The summed E-state index contributed by atoms with van der Waals surface area (Å²) in [6, 6.07) is 3.48. The van der Waals surface area contributed by atoms with Crippen molar-refractivity contribution in [1.29, 1.82) is 5.41 Å². The number of pyridine rings is 1. The van der Waals surface area contributed by atoms with Crippen molar-refractivity contribution in [3.05, 3.63) is 47.2 Å². The van der Waals surface area contributed by atoms with Gasteiger partial charge in [0.05, 0.1) is 53.8 Å². The lowest BCUT2D eigenvalue weighted by Crippen LogP contribution is -2.45. The number of halogens is 2. The number of nitrogens with zero attached hydrogens (tertiary/aromatic N) is 3. The van der Waals surface area contributed by atoms with E-state index in [1.807, 2.05) is 6.07 Å². The first kappa shape index (κ1) is 23.0. The molecule has 3 aromatic rings. The Morgan fingerprint density at radius 2 is 1.82 bits per heavy atom. The lowest BCUT2D eigenvalue weighted by molar-refractivity contribution is 0.395. The third-order valence-electron chi connectivity index (χ3n) is 5.37. The third kappa shape index (κ3) is 4.66. The maximum absolute atomic E-state index is 7.79. The average Bonchev–Trinajstić information content (AvgIpc) is 3.25. The maximum Gasteiger partial charge on any atom is 0.223 e. The number of rotatable bonds is 7. The zero-order chi connectivity index (χ0) is 23.5. The standard InChI is InChI=1S/C22H23Cl2N7O2/c1-4-18(25)29-14-8-26-9-15(14)31-22-28-7-11-5-12(27-10-13(11)30-22)19-20(23)16(32-2)6-17(33-3)21(19)24/h4-7,10,14-15,26H,1,8-9H2,2-3H3,(H2,25,29)(H,28,30,31)/t14-,15+/m0/s1. The summed E-state index contributed by atoms with van der Waals surface area (Å²) in [7, 11) is 3.05. The zero-order valence-corrected chi connectivity index (χ0v) is 19.6. The second-order valence-corrected chi connectivity index (χ2v) is 8.14. The average molecular weight is 488 g/mol. The maximum atomic E-state index is 7.79. The molecule has 4 N–H and O–H groups in total. The van der Waals surface area contributed by atoms with E-state index in [0.717, 1.165) is 18.5 Å². The largest absolute Gasteiger partial charge is 0.495 e. The predicted molar refractivity (Wildman–Crippen MR) is 131 cm³/mol. The van der Waals surface area contributed by atoms with Gasteiger partial charge in [0.1, 0.15) is 17.3 Å². The van der Waals surface area contributed by atoms with E-state index in [2.05, 4.69) is 37.5 Å². The molecule has 1 fully saturated rings. The fourth-order valence-electron chi connectivity index (χ4n) is 3.66. The van der Waals surface area contributed by atoms with Crippen molar-refractivity contribution in [3.8, 4) is 22.8 Å². The molecule has 2 atom stereocenters. The molecule has 1 aliphatic rings. The third-order valence-corrected chi connectivity index (χ3v) is 6.12. The molecule has 0 amide bonds. The normalized spacial score (nSPS) is 17.6. The highest BCUT2D eigenvalue weighted by molar-refractivity contribution is 6.41. The fourth-order valence-corrected chi connectivity index (χ4v) is 4.35. The van der Waals surface area contributed by atoms with Crippen LogP contribution in [0.15, 0.2) is 37.2 Å². The molecule has 33 heavy (non-hydrogen) atoms. The lowest BCUT2D eigenvalue weighted by Gasteiger charge is -2.21. The van der Waals surface area contributed by atoms with Crippen molar-refractivity contribution in [3.63, 3.8) is 0 Å². The molecule has 3 heterocycles. The predicted octanol–water partition coefficient (Wildman–Crippen LogP) is 3.52. The Balaban J connectivity index is 1.63. The number of amidine groups is 1. The summed E-state index contributed by atoms with van der Waals surface area (Å²) >= 11 is 13.1. The molecule has 0 radical (unpaired) electrons. The van der Waals surface area contributed by atoms with E-state index in [4.69, 9.17) is 38.1 Å². The van der Waals surface area contributed by atoms with Gasteiger partial charge in [0.15, 0.2) is 0 Å². The van der Waals surface area contributed by atoms with Crippen LogP contribution in [0, 0.1) is 5.41 Å². The molecular weight excluding hydrogens is 465 g/mol. The SMILES string of the molecule is C=CC(=N)N[C@H]1CNC[C@H]1Nc1ncc2cc(-c3c(Cl)c(OC)cc(OC)c3Cl)ncc2n1. The van der Waals surface area contributed by atoms with Crippen LogP contribution >= 0.6 is 23.2 Å².